The highest BCUT2D eigenvalue weighted by atomic mass is 16.8. The molecule has 0 atom stereocenters. The zero-order chi connectivity index (χ0) is 29.6. The van der Waals surface area contributed by atoms with Gasteiger partial charge in [-0.3, -0.25) is 0 Å². The number of aliphatic hydroxyl groups excluding tert-OH is 2. The molecule has 2 aliphatic heterocycles. The molecule has 2 heterocycles. The van der Waals surface area contributed by atoms with Crippen LogP contribution in [-0.2, 0) is 18.9 Å². The summed E-state index contributed by atoms with van der Waals surface area (Å²) in [7, 11) is 0. The van der Waals surface area contributed by atoms with Crippen LogP contribution in [-0.4, -0.2) is 89.7 Å². The number of nitrogens with one attached hydrogen (secondary N) is 1. The van der Waals surface area contributed by atoms with Gasteiger partial charge in [0.2, 0.25) is 0 Å². The third-order valence-electron chi connectivity index (χ3n) is 5.19. The van der Waals surface area contributed by atoms with Crippen LogP contribution in [0.25, 0.3) is 0 Å². The second-order valence-electron chi connectivity index (χ2n) is 12.5. The van der Waals surface area contributed by atoms with Gasteiger partial charge in [0.05, 0.1) is 0 Å². The third-order valence-corrected chi connectivity index (χ3v) is 5.19. The molecule has 11 heteroatoms. The molecule has 0 bridgehead atoms. The summed E-state index contributed by atoms with van der Waals surface area (Å²) in [5.74, 6) is 0.930. The average Bonchev–Trinajstić information content (AvgIpc) is 2.76. The first kappa shape index (κ1) is 39.0. The lowest BCUT2D eigenvalue weighted by atomic mass is 9.98. The topological polar surface area (TPSA) is 144 Å². The van der Waals surface area contributed by atoms with Crippen molar-refractivity contribution < 1.29 is 43.5 Å². The Morgan fingerprint density at radius 3 is 1.36 bits per heavy atom. The van der Waals surface area contributed by atoms with Crippen molar-refractivity contribution in [2.45, 2.75) is 112 Å². The van der Waals surface area contributed by atoms with Crippen LogP contribution in [0.5, 0.6) is 0 Å². The van der Waals surface area contributed by atoms with Gasteiger partial charge in [-0.15, -0.1) is 0 Å². The first-order valence-corrected chi connectivity index (χ1v) is 13.4. The SMILES string of the molecule is C.CC(C)(C)OC(=O)N1CCC(CO)CC1.CC(C)(C)OC(=O)OC(=O)OC(C)(C)C.OCC1CCNCC1. The van der Waals surface area contributed by atoms with E-state index in [0.717, 1.165) is 38.8 Å². The molecular formula is C28H56N2O9. The lowest BCUT2D eigenvalue weighted by Crippen LogP contribution is -2.42. The summed E-state index contributed by atoms with van der Waals surface area (Å²) in [6.07, 6.45) is 1.69. The Labute approximate surface area is 235 Å². The molecular weight excluding hydrogens is 508 g/mol. The lowest BCUT2D eigenvalue weighted by molar-refractivity contribution is -0.0294. The van der Waals surface area contributed by atoms with Crippen molar-refractivity contribution in [2.75, 3.05) is 39.4 Å². The molecule has 0 radical (unpaired) electrons. The summed E-state index contributed by atoms with van der Waals surface area (Å²) in [6, 6.07) is 0. The molecule has 11 nitrogen and oxygen atoms in total. The molecule has 39 heavy (non-hydrogen) atoms. The van der Waals surface area contributed by atoms with E-state index in [1.807, 2.05) is 20.8 Å². The Morgan fingerprint density at radius 2 is 1.05 bits per heavy atom. The van der Waals surface area contributed by atoms with Gasteiger partial charge in [-0.25, -0.2) is 14.4 Å². The van der Waals surface area contributed by atoms with Crippen molar-refractivity contribution in [2.24, 2.45) is 11.8 Å². The summed E-state index contributed by atoms with van der Waals surface area (Å²) in [6.45, 7) is 19.8. The molecule has 0 aromatic carbocycles. The van der Waals surface area contributed by atoms with Crippen molar-refractivity contribution in [1.29, 1.82) is 0 Å². The Hall–Kier alpha value is -2.11. The zero-order valence-electron chi connectivity index (χ0n) is 24.9. The van der Waals surface area contributed by atoms with Gasteiger partial charge in [0.25, 0.3) is 0 Å². The number of aliphatic hydroxyl groups is 2. The minimum Gasteiger partial charge on any atom is -0.444 e. The fraction of sp³-hybridized carbons (Fsp3) is 0.893. The fourth-order valence-corrected chi connectivity index (χ4v) is 3.30. The van der Waals surface area contributed by atoms with Crippen LogP contribution in [0.2, 0.25) is 0 Å². The summed E-state index contributed by atoms with van der Waals surface area (Å²) >= 11 is 0. The highest BCUT2D eigenvalue weighted by Gasteiger charge is 2.26. The first-order chi connectivity index (χ1) is 17.3. The van der Waals surface area contributed by atoms with Crippen LogP contribution in [0.15, 0.2) is 0 Å². The van der Waals surface area contributed by atoms with Crippen molar-refractivity contribution in [3.05, 3.63) is 0 Å². The largest absolute Gasteiger partial charge is 0.519 e. The molecule has 2 rings (SSSR count). The number of ether oxygens (including phenoxy) is 4. The molecule has 0 aromatic heterocycles. The van der Waals surface area contributed by atoms with E-state index in [0.29, 0.717) is 31.5 Å². The molecule has 2 saturated heterocycles. The maximum Gasteiger partial charge on any atom is 0.519 e. The minimum absolute atomic E-state index is 0. The van der Waals surface area contributed by atoms with Crippen molar-refractivity contribution in [3.63, 3.8) is 0 Å². The number of rotatable bonds is 2. The van der Waals surface area contributed by atoms with Crippen molar-refractivity contribution in [1.82, 2.24) is 10.2 Å². The molecule has 2 aliphatic rings. The van der Waals surface area contributed by atoms with Gasteiger partial charge < -0.3 is 39.4 Å². The Balaban J connectivity index is 0. The highest BCUT2D eigenvalue weighted by molar-refractivity contribution is 5.77. The number of piperidine rings is 2. The van der Waals surface area contributed by atoms with Crippen LogP contribution >= 0.6 is 0 Å². The van der Waals surface area contributed by atoms with Gasteiger partial charge >= 0.3 is 18.4 Å². The normalized spacial score (nSPS) is 16.7. The molecule has 1 amide bonds. The molecule has 0 saturated carbocycles. The van der Waals surface area contributed by atoms with Crippen LogP contribution in [0.3, 0.4) is 0 Å². The smallest absolute Gasteiger partial charge is 0.444 e. The zero-order valence-corrected chi connectivity index (χ0v) is 24.9. The fourth-order valence-electron chi connectivity index (χ4n) is 3.30. The number of hydrogen-bond acceptors (Lipinski definition) is 10. The number of carbonyl (C=O) groups excluding carboxylic acids is 3. The number of carbonyl (C=O) groups is 3. The van der Waals surface area contributed by atoms with Crippen LogP contribution in [0.4, 0.5) is 14.4 Å². The number of likely N-dealkylation sites (tertiary alicyclic amines) is 1. The Kier molecular flexibility index (Phi) is 18.3. The van der Waals surface area contributed by atoms with E-state index in [-0.39, 0.29) is 20.1 Å². The van der Waals surface area contributed by atoms with E-state index in [4.69, 9.17) is 24.4 Å². The van der Waals surface area contributed by atoms with E-state index >= 15 is 0 Å². The molecule has 0 spiro atoms. The molecule has 0 aromatic rings. The summed E-state index contributed by atoms with van der Waals surface area (Å²) in [5, 5.41) is 20.9. The Morgan fingerprint density at radius 1 is 0.692 bits per heavy atom. The summed E-state index contributed by atoms with van der Waals surface area (Å²) < 4.78 is 19.1. The second kappa shape index (κ2) is 18.3. The van der Waals surface area contributed by atoms with E-state index in [1.54, 1.807) is 46.4 Å². The van der Waals surface area contributed by atoms with E-state index in [2.05, 4.69) is 10.1 Å². The van der Waals surface area contributed by atoms with Crippen LogP contribution < -0.4 is 5.32 Å². The van der Waals surface area contributed by atoms with E-state index in [1.165, 1.54) is 0 Å². The minimum atomic E-state index is -1.06. The van der Waals surface area contributed by atoms with E-state index in [9.17, 15) is 14.4 Å². The number of nitrogens with zero attached hydrogens (tertiary/aromatic N) is 1. The van der Waals surface area contributed by atoms with Crippen LogP contribution in [0.1, 0.15) is 95.4 Å². The predicted octanol–water partition coefficient (Wildman–Crippen LogP) is 5.11. The lowest BCUT2D eigenvalue weighted by Gasteiger charge is -2.32. The van der Waals surface area contributed by atoms with Gasteiger partial charge in [-0.1, -0.05) is 7.43 Å². The third kappa shape index (κ3) is 22.4. The van der Waals surface area contributed by atoms with Crippen molar-refractivity contribution in [3.8, 4) is 0 Å². The average molecular weight is 565 g/mol. The molecule has 0 unspecified atom stereocenters. The van der Waals surface area contributed by atoms with Crippen molar-refractivity contribution >= 4 is 18.4 Å². The predicted molar refractivity (Wildman–Crippen MR) is 151 cm³/mol. The van der Waals surface area contributed by atoms with Gasteiger partial charge in [0.15, 0.2) is 0 Å². The maximum absolute atomic E-state index is 11.6. The highest BCUT2D eigenvalue weighted by Crippen LogP contribution is 2.19. The summed E-state index contributed by atoms with van der Waals surface area (Å²) in [5.41, 5.74) is -1.82. The summed E-state index contributed by atoms with van der Waals surface area (Å²) in [4.78, 5) is 35.4. The molecule has 2 fully saturated rings. The standard InChI is InChI=1S/C11H21NO3.C10H18O5.C6H13NO.CH4/c1-11(2,3)15-10(14)12-6-4-9(8-13)5-7-12;1-9(2,3)14-7(11)13-8(12)15-10(4,5)6;8-5-6-1-3-7-4-2-6;/h9,13H,4-8H2,1-3H3;1-6H3;6-8H,1-5H2;1H4. The first-order valence-electron chi connectivity index (χ1n) is 13.4. The molecule has 232 valence electrons. The van der Waals surface area contributed by atoms with Gasteiger partial charge in [-0.2, -0.15) is 0 Å². The van der Waals surface area contributed by atoms with Crippen LogP contribution in [0, 0.1) is 11.8 Å². The van der Waals surface area contributed by atoms with Gasteiger partial charge in [-0.05, 0) is 113 Å². The van der Waals surface area contributed by atoms with Gasteiger partial charge in [0, 0.05) is 26.3 Å². The van der Waals surface area contributed by atoms with Gasteiger partial charge in [0.1, 0.15) is 16.8 Å². The Bertz CT molecular complexity index is 669. The molecule has 3 N–H and O–H groups in total. The van der Waals surface area contributed by atoms with E-state index < -0.39 is 29.1 Å². The number of amides is 1. The monoisotopic (exact) mass is 564 g/mol. The maximum atomic E-state index is 11.6. The quantitative estimate of drug-likeness (QED) is 0.235. The molecule has 0 aliphatic carbocycles. The number of hydrogen-bond donors (Lipinski definition) is 3. The second-order valence-corrected chi connectivity index (χ2v) is 12.5.